The number of hydrogen-bond acceptors (Lipinski definition) is 2. The van der Waals surface area contributed by atoms with E-state index in [1.165, 1.54) is 57.8 Å². The van der Waals surface area contributed by atoms with Crippen LogP contribution in [0.2, 0.25) is 0 Å². The first-order chi connectivity index (χ1) is 9.77. The fourth-order valence-corrected chi connectivity index (χ4v) is 4.48. The van der Waals surface area contributed by atoms with E-state index in [0.29, 0.717) is 17.4 Å². The summed E-state index contributed by atoms with van der Waals surface area (Å²) in [5.74, 6) is 0.408. The van der Waals surface area contributed by atoms with Gasteiger partial charge in [-0.15, -0.1) is 0 Å². The molecule has 3 rings (SSSR count). The first-order valence-corrected chi connectivity index (χ1v) is 8.79. The summed E-state index contributed by atoms with van der Waals surface area (Å²) in [4.78, 5) is 14.5. The number of amides is 1. The lowest BCUT2D eigenvalue weighted by Gasteiger charge is -2.39. The van der Waals surface area contributed by atoms with Gasteiger partial charge < -0.3 is 10.2 Å². The van der Waals surface area contributed by atoms with Crippen LogP contribution < -0.4 is 5.32 Å². The van der Waals surface area contributed by atoms with Crippen LogP contribution in [0.1, 0.15) is 70.6 Å². The summed E-state index contributed by atoms with van der Waals surface area (Å²) < 4.78 is 0. The fourth-order valence-electron chi connectivity index (χ4n) is 4.48. The highest BCUT2D eigenvalue weighted by Crippen LogP contribution is 2.46. The monoisotopic (exact) mass is 278 g/mol. The third-order valence-corrected chi connectivity index (χ3v) is 5.96. The number of carbonyl (C=O) groups is 1. The number of piperidine rings is 2. The van der Waals surface area contributed by atoms with Gasteiger partial charge in [-0.2, -0.15) is 0 Å². The molecule has 0 bridgehead atoms. The van der Waals surface area contributed by atoms with E-state index >= 15 is 0 Å². The lowest BCUT2D eigenvalue weighted by molar-refractivity contribution is -0.133. The zero-order valence-electron chi connectivity index (χ0n) is 12.8. The van der Waals surface area contributed by atoms with Crippen LogP contribution in [0.4, 0.5) is 0 Å². The Balaban J connectivity index is 1.39. The fraction of sp³-hybridized carbons (Fsp3) is 0.941. The molecule has 1 aliphatic carbocycles. The van der Waals surface area contributed by atoms with Crippen molar-refractivity contribution in [2.75, 3.05) is 19.6 Å². The average molecular weight is 278 g/mol. The second-order valence-electron chi connectivity index (χ2n) is 7.27. The molecule has 3 aliphatic rings. The van der Waals surface area contributed by atoms with E-state index in [9.17, 15) is 4.79 Å². The molecule has 1 saturated carbocycles. The minimum atomic E-state index is 0.408. The van der Waals surface area contributed by atoms with E-state index in [1.807, 2.05) is 0 Å². The molecule has 20 heavy (non-hydrogen) atoms. The minimum Gasteiger partial charge on any atom is -0.343 e. The van der Waals surface area contributed by atoms with Crippen LogP contribution in [0.15, 0.2) is 0 Å². The van der Waals surface area contributed by atoms with Crippen LogP contribution in [0.25, 0.3) is 0 Å². The number of carbonyl (C=O) groups excluding carboxylic acids is 1. The van der Waals surface area contributed by atoms with Crippen LogP contribution in [0.3, 0.4) is 0 Å². The molecule has 1 spiro atoms. The first-order valence-electron chi connectivity index (χ1n) is 8.79. The van der Waals surface area contributed by atoms with Crippen LogP contribution in [-0.4, -0.2) is 36.5 Å². The summed E-state index contributed by atoms with van der Waals surface area (Å²) >= 11 is 0. The van der Waals surface area contributed by atoms with E-state index in [4.69, 9.17) is 0 Å². The maximum absolute atomic E-state index is 12.3. The lowest BCUT2D eigenvalue weighted by atomic mass is 9.77. The highest BCUT2D eigenvalue weighted by atomic mass is 16.2. The number of rotatable bonds is 3. The molecule has 0 aromatic carbocycles. The van der Waals surface area contributed by atoms with Crippen LogP contribution >= 0.6 is 0 Å². The number of hydrogen-bond donors (Lipinski definition) is 1. The van der Waals surface area contributed by atoms with E-state index < -0.39 is 0 Å². The molecule has 2 aliphatic heterocycles. The SMILES string of the molecule is O=C(CCC1CCCCN1)N1CCC2(CCCC2)CC1. The maximum atomic E-state index is 12.3. The lowest BCUT2D eigenvalue weighted by Crippen LogP contribution is -2.43. The summed E-state index contributed by atoms with van der Waals surface area (Å²) in [6.45, 7) is 3.19. The molecule has 0 aromatic heterocycles. The Kier molecular flexibility index (Phi) is 4.65. The molecular formula is C17H30N2O. The quantitative estimate of drug-likeness (QED) is 0.860. The van der Waals surface area contributed by atoms with Gasteiger partial charge in [0.2, 0.25) is 5.91 Å². The topological polar surface area (TPSA) is 32.3 Å². The summed E-state index contributed by atoms with van der Waals surface area (Å²) in [6, 6.07) is 0.596. The highest BCUT2D eigenvalue weighted by Gasteiger charge is 2.37. The largest absolute Gasteiger partial charge is 0.343 e. The predicted octanol–water partition coefficient (Wildman–Crippen LogP) is 3.09. The molecule has 0 aromatic rings. The van der Waals surface area contributed by atoms with Gasteiger partial charge in [0.05, 0.1) is 0 Å². The minimum absolute atomic E-state index is 0.408. The Hall–Kier alpha value is -0.570. The van der Waals surface area contributed by atoms with Crippen molar-refractivity contribution in [2.24, 2.45) is 5.41 Å². The molecule has 3 fully saturated rings. The van der Waals surface area contributed by atoms with Crippen molar-refractivity contribution in [3.8, 4) is 0 Å². The van der Waals surface area contributed by atoms with Crippen molar-refractivity contribution in [3.63, 3.8) is 0 Å². The Bertz CT molecular complexity index is 320. The molecule has 1 N–H and O–H groups in total. The van der Waals surface area contributed by atoms with Gasteiger partial charge in [0, 0.05) is 25.6 Å². The third-order valence-electron chi connectivity index (χ3n) is 5.96. The van der Waals surface area contributed by atoms with Crippen LogP contribution in [0, 0.1) is 5.41 Å². The second kappa shape index (κ2) is 6.46. The van der Waals surface area contributed by atoms with Crippen molar-refractivity contribution < 1.29 is 4.79 Å². The Labute approximate surface area is 123 Å². The number of nitrogens with zero attached hydrogens (tertiary/aromatic N) is 1. The normalized spacial score (nSPS) is 29.8. The first kappa shape index (κ1) is 14.4. The van der Waals surface area contributed by atoms with Gasteiger partial charge in [-0.05, 0) is 56.9 Å². The van der Waals surface area contributed by atoms with E-state index in [0.717, 1.165) is 32.5 Å². The molecular weight excluding hydrogens is 248 g/mol. The van der Waals surface area contributed by atoms with Gasteiger partial charge in [0.1, 0.15) is 0 Å². The summed E-state index contributed by atoms with van der Waals surface area (Å²) in [5.41, 5.74) is 0.627. The predicted molar refractivity (Wildman–Crippen MR) is 81.6 cm³/mol. The molecule has 1 amide bonds. The zero-order valence-corrected chi connectivity index (χ0v) is 12.8. The second-order valence-corrected chi connectivity index (χ2v) is 7.27. The third kappa shape index (κ3) is 3.36. The van der Waals surface area contributed by atoms with Gasteiger partial charge >= 0.3 is 0 Å². The van der Waals surface area contributed by atoms with Gasteiger partial charge in [-0.25, -0.2) is 0 Å². The van der Waals surface area contributed by atoms with Crippen molar-refractivity contribution in [3.05, 3.63) is 0 Å². The Morgan fingerprint density at radius 3 is 2.45 bits per heavy atom. The summed E-state index contributed by atoms with van der Waals surface area (Å²) in [6.07, 6.45) is 13.9. The Morgan fingerprint density at radius 2 is 1.80 bits per heavy atom. The molecule has 2 heterocycles. The summed E-state index contributed by atoms with van der Waals surface area (Å²) in [7, 11) is 0. The molecule has 0 radical (unpaired) electrons. The van der Waals surface area contributed by atoms with Crippen molar-refractivity contribution >= 4 is 5.91 Å². The molecule has 114 valence electrons. The molecule has 1 atom stereocenters. The summed E-state index contributed by atoms with van der Waals surface area (Å²) in [5, 5.41) is 3.55. The van der Waals surface area contributed by atoms with Crippen molar-refractivity contribution in [1.29, 1.82) is 0 Å². The van der Waals surface area contributed by atoms with Gasteiger partial charge in [0.15, 0.2) is 0 Å². The van der Waals surface area contributed by atoms with Crippen LogP contribution in [-0.2, 0) is 4.79 Å². The Morgan fingerprint density at radius 1 is 1.05 bits per heavy atom. The molecule has 1 unspecified atom stereocenters. The average Bonchev–Trinajstić information content (AvgIpc) is 2.95. The van der Waals surface area contributed by atoms with Crippen molar-refractivity contribution in [1.82, 2.24) is 10.2 Å². The molecule has 3 nitrogen and oxygen atoms in total. The van der Waals surface area contributed by atoms with E-state index in [2.05, 4.69) is 10.2 Å². The molecule has 3 heteroatoms. The smallest absolute Gasteiger partial charge is 0.222 e. The zero-order chi connectivity index (χ0) is 13.8. The molecule has 2 saturated heterocycles. The standard InChI is InChI=1S/C17H30N2O/c20-16(7-6-15-5-1-4-12-18-15)19-13-10-17(11-14-19)8-2-3-9-17/h15,18H,1-14H2. The van der Waals surface area contributed by atoms with Gasteiger partial charge in [-0.3, -0.25) is 4.79 Å². The van der Waals surface area contributed by atoms with Gasteiger partial charge in [0.25, 0.3) is 0 Å². The highest BCUT2D eigenvalue weighted by molar-refractivity contribution is 5.76. The van der Waals surface area contributed by atoms with Crippen molar-refractivity contribution in [2.45, 2.75) is 76.7 Å². The van der Waals surface area contributed by atoms with E-state index in [1.54, 1.807) is 0 Å². The maximum Gasteiger partial charge on any atom is 0.222 e. The van der Waals surface area contributed by atoms with E-state index in [-0.39, 0.29) is 0 Å². The van der Waals surface area contributed by atoms with Gasteiger partial charge in [-0.1, -0.05) is 19.3 Å². The number of likely N-dealkylation sites (tertiary alicyclic amines) is 1. The number of nitrogens with one attached hydrogen (secondary N) is 1. The van der Waals surface area contributed by atoms with Crippen LogP contribution in [0.5, 0.6) is 0 Å².